The summed E-state index contributed by atoms with van der Waals surface area (Å²) in [6.45, 7) is 16.0. The first-order valence-corrected chi connectivity index (χ1v) is 11.0. The maximum atomic E-state index is 12.8. The third kappa shape index (κ3) is 6.68. The number of aryl methyl sites for hydroxylation is 1. The van der Waals surface area contributed by atoms with Crippen molar-refractivity contribution in [2.45, 2.75) is 65.5 Å². The molecule has 0 spiro atoms. The maximum Gasteiger partial charge on any atom is 0.254 e. The molecule has 27 heavy (non-hydrogen) atoms. The molecule has 0 aromatic carbocycles. The van der Waals surface area contributed by atoms with Gasteiger partial charge in [-0.05, 0) is 49.5 Å². The van der Waals surface area contributed by atoms with E-state index in [1.54, 1.807) is 11.8 Å². The zero-order valence-electron chi connectivity index (χ0n) is 17.7. The number of pyridine rings is 1. The van der Waals surface area contributed by atoms with Crippen molar-refractivity contribution in [3.63, 3.8) is 0 Å². The third-order valence-corrected chi connectivity index (χ3v) is 5.49. The maximum absolute atomic E-state index is 12.8. The quantitative estimate of drug-likeness (QED) is 0.553. The van der Waals surface area contributed by atoms with E-state index in [9.17, 15) is 4.79 Å². The van der Waals surface area contributed by atoms with Gasteiger partial charge in [-0.25, -0.2) is 4.98 Å². The molecular weight excluding hydrogens is 358 g/mol. The van der Waals surface area contributed by atoms with Crippen molar-refractivity contribution in [3.05, 3.63) is 17.2 Å². The largest absolute Gasteiger partial charge is 0.375 e. The molecule has 0 bridgehead atoms. The van der Waals surface area contributed by atoms with Gasteiger partial charge in [0.1, 0.15) is 10.8 Å². The molecule has 1 fully saturated rings. The number of hydrogen-bond acceptors (Lipinski definition) is 5. The second kappa shape index (κ2) is 9.78. The van der Waals surface area contributed by atoms with Crippen LogP contribution in [0, 0.1) is 12.3 Å². The summed E-state index contributed by atoms with van der Waals surface area (Å²) in [7, 11) is 0. The molecule has 152 valence electrons. The number of amides is 1. The SMILES string of the molecule is CCSc1nc(N2CCOC(C)C2)cc(C)c1C(=O)NCCCC(C)(C)C. The van der Waals surface area contributed by atoms with E-state index in [2.05, 4.69) is 44.8 Å². The van der Waals surface area contributed by atoms with Gasteiger partial charge in [0.2, 0.25) is 0 Å². The number of anilines is 1. The van der Waals surface area contributed by atoms with E-state index in [4.69, 9.17) is 9.72 Å². The predicted octanol–water partition coefficient (Wildman–Crippen LogP) is 4.28. The minimum Gasteiger partial charge on any atom is -0.375 e. The fourth-order valence-corrected chi connectivity index (χ4v) is 4.07. The average molecular weight is 394 g/mol. The van der Waals surface area contributed by atoms with Gasteiger partial charge in [0, 0.05) is 19.6 Å². The van der Waals surface area contributed by atoms with E-state index >= 15 is 0 Å². The van der Waals surface area contributed by atoms with E-state index in [0.717, 1.165) is 53.7 Å². The number of aromatic nitrogens is 1. The number of hydrogen-bond donors (Lipinski definition) is 1. The molecule has 2 heterocycles. The van der Waals surface area contributed by atoms with Crippen molar-refractivity contribution in [1.82, 2.24) is 10.3 Å². The Morgan fingerprint density at radius 2 is 2.19 bits per heavy atom. The molecule has 6 heteroatoms. The first-order valence-electron chi connectivity index (χ1n) is 10.0. The van der Waals surface area contributed by atoms with Crippen LogP contribution in [0.25, 0.3) is 0 Å². The van der Waals surface area contributed by atoms with Gasteiger partial charge in [-0.3, -0.25) is 4.79 Å². The van der Waals surface area contributed by atoms with E-state index in [-0.39, 0.29) is 12.0 Å². The van der Waals surface area contributed by atoms with Crippen LogP contribution in [0.15, 0.2) is 11.1 Å². The Labute approximate surface area is 168 Å². The molecule has 5 nitrogen and oxygen atoms in total. The minimum absolute atomic E-state index is 0.00763. The van der Waals surface area contributed by atoms with Crippen LogP contribution in [0.4, 0.5) is 5.82 Å². The predicted molar refractivity (Wildman–Crippen MR) is 114 cm³/mol. The smallest absolute Gasteiger partial charge is 0.254 e. The molecule has 1 aliphatic rings. The van der Waals surface area contributed by atoms with E-state index < -0.39 is 0 Å². The lowest BCUT2D eigenvalue weighted by Gasteiger charge is -2.32. The van der Waals surface area contributed by atoms with Gasteiger partial charge in [-0.2, -0.15) is 0 Å². The van der Waals surface area contributed by atoms with Gasteiger partial charge in [0.25, 0.3) is 5.91 Å². The molecule has 0 radical (unpaired) electrons. The lowest BCUT2D eigenvalue weighted by molar-refractivity contribution is 0.0529. The molecular formula is C21H35N3O2S. The second-order valence-electron chi connectivity index (χ2n) is 8.46. The van der Waals surface area contributed by atoms with Gasteiger partial charge in [-0.1, -0.05) is 27.7 Å². The number of rotatable bonds is 7. The highest BCUT2D eigenvalue weighted by Crippen LogP contribution is 2.28. The summed E-state index contributed by atoms with van der Waals surface area (Å²) >= 11 is 1.64. The zero-order valence-corrected chi connectivity index (χ0v) is 18.5. The van der Waals surface area contributed by atoms with E-state index in [1.807, 2.05) is 13.0 Å². The highest BCUT2D eigenvalue weighted by Gasteiger charge is 2.22. The zero-order chi connectivity index (χ0) is 20.0. The topological polar surface area (TPSA) is 54.5 Å². The monoisotopic (exact) mass is 393 g/mol. The second-order valence-corrected chi connectivity index (χ2v) is 9.71. The molecule has 1 aromatic rings. The van der Waals surface area contributed by atoms with Gasteiger partial charge in [0.15, 0.2) is 0 Å². The van der Waals surface area contributed by atoms with Crippen molar-refractivity contribution in [2.75, 3.05) is 36.9 Å². The highest BCUT2D eigenvalue weighted by molar-refractivity contribution is 7.99. The molecule has 0 aliphatic carbocycles. The van der Waals surface area contributed by atoms with Gasteiger partial charge in [0.05, 0.1) is 18.3 Å². The summed E-state index contributed by atoms with van der Waals surface area (Å²) in [5, 5.41) is 3.92. The fourth-order valence-electron chi connectivity index (χ4n) is 3.24. The van der Waals surface area contributed by atoms with Crippen molar-refractivity contribution >= 4 is 23.5 Å². The molecule has 1 amide bonds. The Hall–Kier alpha value is -1.27. The number of morpholine rings is 1. The average Bonchev–Trinajstić information content (AvgIpc) is 2.57. The van der Waals surface area contributed by atoms with E-state index in [0.29, 0.717) is 18.6 Å². The summed E-state index contributed by atoms with van der Waals surface area (Å²) in [5.74, 6) is 1.83. The number of nitrogens with zero attached hydrogens (tertiary/aromatic N) is 2. The van der Waals surface area contributed by atoms with Crippen LogP contribution >= 0.6 is 11.8 Å². The van der Waals surface area contributed by atoms with Crippen LogP contribution in [0.2, 0.25) is 0 Å². The minimum atomic E-state index is -0.00763. The molecule has 1 unspecified atom stereocenters. The Kier molecular flexibility index (Phi) is 7.98. The summed E-state index contributed by atoms with van der Waals surface area (Å²) in [5.41, 5.74) is 2.01. The molecule has 0 saturated carbocycles. The number of ether oxygens (including phenoxy) is 1. The lowest BCUT2D eigenvalue weighted by Crippen LogP contribution is -2.41. The summed E-state index contributed by atoms with van der Waals surface area (Å²) in [4.78, 5) is 19.9. The standard InChI is InChI=1S/C21H35N3O2S/c1-7-27-20-18(19(25)22-10-8-9-21(4,5)6)15(2)13-17(23-20)24-11-12-26-16(3)14-24/h13,16H,7-12,14H2,1-6H3,(H,22,25). The molecule has 1 atom stereocenters. The van der Waals surface area contributed by atoms with Crippen LogP contribution in [-0.2, 0) is 4.74 Å². The van der Waals surface area contributed by atoms with Crippen LogP contribution in [-0.4, -0.2) is 49.0 Å². The Balaban J connectivity index is 2.14. The summed E-state index contributed by atoms with van der Waals surface area (Å²) in [6, 6.07) is 2.04. The van der Waals surface area contributed by atoms with Crippen LogP contribution < -0.4 is 10.2 Å². The van der Waals surface area contributed by atoms with Crippen molar-refractivity contribution in [1.29, 1.82) is 0 Å². The normalized spacial score (nSPS) is 17.9. The van der Waals surface area contributed by atoms with Crippen molar-refractivity contribution in [2.24, 2.45) is 5.41 Å². The Morgan fingerprint density at radius 1 is 1.44 bits per heavy atom. The van der Waals surface area contributed by atoms with Crippen molar-refractivity contribution < 1.29 is 9.53 Å². The number of nitrogens with one attached hydrogen (secondary N) is 1. The van der Waals surface area contributed by atoms with Gasteiger partial charge < -0.3 is 15.0 Å². The summed E-state index contributed by atoms with van der Waals surface area (Å²) < 4.78 is 5.64. The van der Waals surface area contributed by atoms with Crippen molar-refractivity contribution in [3.8, 4) is 0 Å². The number of carbonyl (C=O) groups excluding carboxylic acids is 1. The van der Waals surface area contributed by atoms with Crippen LogP contribution in [0.1, 0.15) is 63.4 Å². The highest BCUT2D eigenvalue weighted by atomic mass is 32.2. The molecule has 1 aliphatic heterocycles. The first-order chi connectivity index (χ1) is 12.7. The van der Waals surface area contributed by atoms with Gasteiger partial charge in [-0.15, -0.1) is 11.8 Å². The molecule has 2 rings (SSSR count). The lowest BCUT2D eigenvalue weighted by atomic mass is 9.91. The fraction of sp³-hybridized carbons (Fsp3) is 0.714. The molecule has 1 aromatic heterocycles. The van der Waals surface area contributed by atoms with Gasteiger partial charge >= 0.3 is 0 Å². The van der Waals surface area contributed by atoms with Crippen LogP contribution in [0.5, 0.6) is 0 Å². The number of carbonyl (C=O) groups is 1. The number of thioether (sulfide) groups is 1. The van der Waals surface area contributed by atoms with E-state index in [1.165, 1.54) is 0 Å². The third-order valence-electron chi connectivity index (χ3n) is 4.63. The Bertz CT molecular complexity index is 643. The molecule has 1 saturated heterocycles. The Morgan fingerprint density at radius 3 is 2.81 bits per heavy atom. The summed E-state index contributed by atoms with van der Waals surface area (Å²) in [6.07, 6.45) is 2.28. The van der Waals surface area contributed by atoms with Crippen LogP contribution in [0.3, 0.4) is 0 Å². The first kappa shape index (κ1) is 22.0. The molecule has 1 N–H and O–H groups in total.